The van der Waals surface area contributed by atoms with Gasteiger partial charge in [-0.1, -0.05) is 6.92 Å². The minimum absolute atomic E-state index is 0.0473. The summed E-state index contributed by atoms with van der Waals surface area (Å²) in [6.07, 6.45) is 1.74. The molecule has 0 aromatic carbocycles. The molecule has 148 valence electrons. The van der Waals surface area contributed by atoms with Crippen LogP contribution in [0.15, 0.2) is 24.5 Å². The van der Waals surface area contributed by atoms with Crippen LogP contribution in [0.1, 0.15) is 54.3 Å². The molecule has 3 aromatic heterocycles. The van der Waals surface area contributed by atoms with Crippen LogP contribution < -0.4 is 0 Å². The third kappa shape index (κ3) is 3.58. The lowest BCUT2D eigenvalue weighted by atomic mass is 10.1. The number of alkyl halides is 3. The summed E-state index contributed by atoms with van der Waals surface area (Å²) < 4.78 is 41.1. The van der Waals surface area contributed by atoms with Crippen molar-refractivity contribution in [2.45, 2.75) is 51.9 Å². The van der Waals surface area contributed by atoms with Gasteiger partial charge in [-0.25, -0.2) is 19.5 Å². The number of nitrogens with zero attached hydrogens (tertiary/aromatic N) is 6. The van der Waals surface area contributed by atoms with Crippen LogP contribution in [0.25, 0.3) is 5.65 Å². The summed E-state index contributed by atoms with van der Waals surface area (Å²) in [4.78, 5) is 15.1. The van der Waals surface area contributed by atoms with E-state index in [4.69, 9.17) is 0 Å². The van der Waals surface area contributed by atoms with Crippen LogP contribution in [0.5, 0.6) is 0 Å². The van der Waals surface area contributed by atoms with E-state index in [9.17, 15) is 13.2 Å². The molecule has 1 fully saturated rings. The highest BCUT2D eigenvalue weighted by molar-refractivity contribution is 5.43. The third-order valence-electron chi connectivity index (χ3n) is 5.03. The largest absolute Gasteiger partial charge is 0.433 e. The second-order valence-electron chi connectivity index (χ2n) is 7.11. The molecule has 0 bridgehead atoms. The van der Waals surface area contributed by atoms with Gasteiger partial charge in [0.1, 0.15) is 11.5 Å². The highest BCUT2D eigenvalue weighted by Gasteiger charge is 2.36. The Morgan fingerprint density at radius 2 is 1.93 bits per heavy atom. The van der Waals surface area contributed by atoms with Gasteiger partial charge in [-0.15, -0.1) is 0 Å². The highest BCUT2D eigenvalue weighted by atomic mass is 19.4. The Morgan fingerprint density at radius 3 is 2.61 bits per heavy atom. The van der Waals surface area contributed by atoms with Crippen molar-refractivity contribution in [3.8, 4) is 0 Å². The lowest BCUT2D eigenvalue weighted by Gasteiger charge is -2.22. The first-order valence-electron chi connectivity index (χ1n) is 9.33. The Bertz CT molecular complexity index is 980. The molecule has 0 amide bonds. The maximum atomic E-state index is 13.4. The molecule has 0 radical (unpaired) electrons. The van der Waals surface area contributed by atoms with Gasteiger partial charge in [0, 0.05) is 42.7 Å². The van der Waals surface area contributed by atoms with Gasteiger partial charge in [-0.3, -0.25) is 4.90 Å². The number of aromatic nitrogens is 5. The molecule has 1 atom stereocenters. The number of halogens is 3. The molecule has 1 aliphatic rings. The number of rotatable bonds is 4. The minimum atomic E-state index is -4.48. The van der Waals surface area contributed by atoms with E-state index in [0.717, 1.165) is 47.8 Å². The fourth-order valence-electron chi connectivity index (χ4n) is 3.71. The van der Waals surface area contributed by atoms with Gasteiger partial charge < -0.3 is 0 Å². The molecule has 1 aliphatic heterocycles. The first-order chi connectivity index (χ1) is 13.3. The van der Waals surface area contributed by atoms with Crippen molar-refractivity contribution in [2.24, 2.45) is 0 Å². The minimum Gasteiger partial charge on any atom is -0.290 e. The van der Waals surface area contributed by atoms with Crippen LogP contribution in [0.4, 0.5) is 13.2 Å². The van der Waals surface area contributed by atoms with E-state index in [1.54, 1.807) is 13.0 Å². The van der Waals surface area contributed by atoms with Crippen molar-refractivity contribution < 1.29 is 13.2 Å². The van der Waals surface area contributed by atoms with E-state index in [0.29, 0.717) is 17.9 Å². The standard InChI is InChI=1S/C19H21F3N6/c1-3-17-23-9-13(10-24-17)11-27-6-4-5-15(27)14-8-18-25-12(2)7-16(19(20,21)22)28(18)26-14/h7-10,15H,3-6,11H2,1-2H3. The summed E-state index contributed by atoms with van der Waals surface area (Å²) in [5.74, 6) is 0.795. The zero-order valence-electron chi connectivity index (χ0n) is 15.7. The molecule has 0 saturated carbocycles. The summed E-state index contributed by atoms with van der Waals surface area (Å²) in [7, 11) is 0. The van der Waals surface area contributed by atoms with Crippen LogP contribution in [0.2, 0.25) is 0 Å². The molecular weight excluding hydrogens is 369 g/mol. The van der Waals surface area contributed by atoms with Crippen LogP contribution in [-0.4, -0.2) is 36.0 Å². The van der Waals surface area contributed by atoms with E-state index >= 15 is 0 Å². The smallest absolute Gasteiger partial charge is 0.290 e. The van der Waals surface area contributed by atoms with Gasteiger partial charge in [0.05, 0.1) is 11.7 Å². The van der Waals surface area contributed by atoms with E-state index in [1.807, 2.05) is 19.3 Å². The molecule has 28 heavy (non-hydrogen) atoms. The summed E-state index contributed by atoms with van der Waals surface area (Å²) in [5.41, 5.74) is 1.35. The van der Waals surface area contributed by atoms with Crippen molar-refractivity contribution in [1.29, 1.82) is 0 Å². The molecule has 1 unspecified atom stereocenters. The van der Waals surface area contributed by atoms with Gasteiger partial charge in [0.25, 0.3) is 0 Å². The number of aryl methyl sites for hydroxylation is 2. The van der Waals surface area contributed by atoms with E-state index in [1.165, 1.54) is 0 Å². The lowest BCUT2D eigenvalue weighted by Crippen LogP contribution is -2.23. The summed E-state index contributed by atoms with van der Waals surface area (Å²) in [6, 6.07) is 2.65. The van der Waals surface area contributed by atoms with E-state index in [2.05, 4.69) is 25.0 Å². The van der Waals surface area contributed by atoms with Crippen molar-refractivity contribution in [3.05, 3.63) is 53.0 Å². The monoisotopic (exact) mass is 390 g/mol. The SMILES string of the molecule is CCc1ncc(CN2CCCC2c2cc3nc(C)cc(C(F)(F)F)n3n2)cn1. The van der Waals surface area contributed by atoms with Crippen LogP contribution >= 0.6 is 0 Å². The second kappa shape index (κ2) is 7.12. The molecule has 0 spiro atoms. The van der Waals surface area contributed by atoms with E-state index < -0.39 is 11.9 Å². The third-order valence-corrected chi connectivity index (χ3v) is 5.03. The maximum absolute atomic E-state index is 13.4. The topological polar surface area (TPSA) is 59.2 Å². The van der Waals surface area contributed by atoms with Gasteiger partial charge in [0.15, 0.2) is 5.65 Å². The molecule has 4 heterocycles. The number of hydrogen-bond donors (Lipinski definition) is 0. The predicted molar refractivity (Wildman–Crippen MR) is 96.5 cm³/mol. The molecular formula is C19H21F3N6. The fourth-order valence-corrected chi connectivity index (χ4v) is 3.71. The summed E-state index contributed by atoms with van der Waals surface area (Å²) >= 11 is 0. The Hall–Kier alpha value is -2.55. The molecule has 4 rings (SSSR count). The lowest BCUT2D eigenvalue weighted by molar-refractivity contribution is -0.142. The molecule has 1 saturated heterocycles. The van der Waals surface area contributed by atoms with Crippen LogP contribution in [0, 0.1) is 6.92 Å². The van der Waals surface area contributed by atoms with Crippen molar-refractivity contribution in [2.75, 3.05) is 6.54 Å². The van der Waals surface area contributed by atoms with Gasteiger partial charge in [-0.2, -0.15) is 18.3 Å². The molecule has 0 aliphatic carbocycles. The number of hydrogen-bond acceptors (Lipinski definition) is 5. The van der Waals surface area contributed by atoms with Crippen molar-refractivity contribution in [3.63, 3.8) is 0 Å². The second-order valence-corrected chi connectivity index (χ2v) is 7.11. The Kier molecular flexibility index (Phi) is 4.78. The average molecular weight is 390 g/mol. The molecule has 3 aromatic rings. The van der Waals surface area contributed by atoms with E-state index in [-0.39, 0.29) is 11.7 Å². The van der Waals surface area contributed by atoms with Gasteiger partial charge in [-0.05, 0) is 32.4 Å². The first kappa shape index (κ1) is 18.8. The zero-order valence-corrected chi connectivity index (χ0v) is 15.7. The fraction of sp³-hybridized carbons (Fsp3) is 0.474. The molecule has 6 nitrogen and oxygen atoms in total. The van der Waals surface area contributed by atoms with Crippen molar-refractivity contribution in [1.82, 2.24) is 29.5 Å². The first-order valence-corrected chi connectivity index (χ1v) is 9.33. The Morgan fingerprint density at radius 1 is 1.18 bits per heavy atom. The summed E-state index contributed by atoms with van der Waals surface area (Å²) in [5, 5.41) is 4.28. The Balaban J connectivity index is 1.64. The number of fused-ring (bicyclic) bond motifs is 1. The van der Waals surface area contributed by atoms with Gasteiger partial charge >= 0.3 is 6.18 Å². The molecule has 0 N–H and O–H groups in total. The Labute approximate surface area is 160 Å². The quantitative estimate of drug-likeness (QED) is 0.679. The van der Waals surface area contributed by atoms with Crippen LogP contribution in [-0.2, 0) is 19.1 Å². The zero-order chi connectivity index (χ0) is 19.9. The average Bonchev–Trinajstić information content (AvgIpc) is 3.27. The summed E-state index contributed by atoms with van der Waals surface area (Å²) in [6.45, 7) is 5.05. The molecule has 9 heteroatoms. The van der Waals surface area contributed by atoms with Gasteiger partial charge in [0.2, 0.25) is 0 Å². The van der Waals surface area contributed by atoms with Crippen molar-refractivity contribution >= 4 is 5.65 Å². The normalized spacial score (nSPS) is 18.2. The number of likely N-dealkylation sites (tertiary alicyclic amines) is 1. The maximum Gasteiger partial charge on any atom is 0.433 e. The highest BCUT2D eigenvalue weighted by Crippen LogP contribution is 2.35. The predicted octanol–water partition coefficient (Wildman–Crippen LogP) is 3.75. The van der Waals surface area contributed by atoms with Crippen LogP contribution in [0.3, 0.4) is 0 Å².